The molecule has 10 heteroatoms. The Morgan fingerprint density at radius 2 is 2.02 bits per heavy atom. The molecule has 0 radical (unpaired) electrons. The largest absolute Gasteiger partial charge is 0.593 e. The van der Waals surface area contributed by atoms with Crippen molar-refractivity contribution >= 4 is 40.5 Å². The van der Waals surface area contributed by atoms with Gasteiger partial charge in [0.2, 0.25) is 0 Å². The maximum atomic E-state index is 13.3. The fraction of sp³-hybridized carbons (Fsp3) is 0.529. The highest BCUT2D eigenvalue weighted by molar-refractivity contribution is 7.90. The number of nitrogens with zero attached hydrogens (tertiary/aromatic N) is 1. The molecule has 0 aromatic heterocycles. The van der Waals surface area contributed by atoms with Gasteiger partial charge in [-0.3, -0.25) is 4.79 Å². The number of aliphatic carboxylic acids is 1. The van der Waals surface area contributed by atoms with Crippen molar-refractivity contribution in [3.05, 3.63) is 70.3 Å². The SMILES string of the molecule is CCCc1cc(Cl)ccc1C1COc2ccc3cc2N(C1)CC1CCC1C(OC)(C(=O)O)/C=C/CC(C)C(C)[S+]([O-])NC3=O. The molecule has 1 aliphatic carbocycles. The molecule has 238 valence electrons. The Balaban J connectivity index is 1.58. The van der Waals surface area contributed by atoms with Gasteiger partial charge in [-0.1, -0.05) is 44.0 Å². The zero-order valence-corrected chi connectivity index (χ0v) is 27.5. The van der Waals surface area contributed by atoms with Crippen molar-refractivity contribution in [1.29, 1.82) is 0 Å². The smallest absolute Gasteiger partial charge is 0.340 e. The van der Waals surface area contributed by atoms with E-state index in [2.05, 4.69) is 22.6 Å². The van der Waals surface area contributed by atoms with Crippen LogP contribution in [0, 0.1) is 17.8 Å². The van der Waals surface area contributed by atoms with Crippen LogP contribution in [-0.4, -0.2) is 59.2 Å². The summed E-state index contributed by atoms with van der Waals surface area (Å²) in [6.07, 6.45) is 7.50. The molecule has 2 N–H and O–H groups in total. The van der Waals surface area contributed by atoms with Crippen LogP contribution in [-0.2, 0) is 27.3 Å². The molecule has 0 saturated heterocycles. The van der Waals surface area contributed by atoms with Crippen LogP contribution in [0.2, 0.25) is 5.02 Å². The highest BCUT2D eigenvalue weighted by Crippen LogP contribution is 2.47. The Kier molecular flexibility index (Phi) is 10.2. The number of anilines is 1. The Hall–Kier alpha value is -2.72. The van der Waals surface area contributed by atoms with Gasteiger partial charge < -0.3 is 24.0 Å². The van der Waals surface area contributed by atoms with E-state index >= 15 is 0 Å². The van der Waals surface area contributed by atoms with E-state index in [1.54, 1.807) is 12.1 Å². The van der Waals surface area contributed by atoms with Crippen LogP contribution >= 0.6 is 11.6 Å². The van der Waals surface area contributed by atoms with E-state index < -0.39 is 28.8 Å². The Bertz CT molecular complexity index is 1400. The topological polar surface area (TPSA) is 111 Å². The number of methoxy groups -OCH3 is 1. The molecule has 7 unspecified atom stereocenters. The average molecular weight is 643 g/mol. The van der Waals surface area contributed by atoms with Gasteiger partial charge in [0.15, 0.2) is 5.60 Å². The van der Waals surface area contributed by atoms with E-state index in [1.807, 2.05) is 44.2 Å². The van der Waals surface area contributed by atoms with Crippen LogP contribution in [0.25, 0.3) is 0 Å². The molecule has 7 atom stereocenters. The Labute approximate surface area is 268 Å². The molecule has 5 rings (SSSR count). The molecule has 8 nitrogen and oxygen atoms in total. The van der Waals surface area contributed by atoms with E-state index in [1.165, 1.54) is 18.2 Å². The second-order valence-corrected chi connectivity index (χ2v) is 14.5. The lowest BCUT2D eigenvalue weighted by molar-refractivity contribution is -0.170. The lowest BCUT2D eigenvalue weighted by atomic mass is 9.64. The van der Waals surface area contributed by atoms with E-state index in [9.17, 15) is 19.2 Å². The third-order valence-corrected chi connectivity index (χ3v) is 11.6. The minimum Gasteiger partial charge on any atom is -0.593 e. The number of nitrogens with one attached hydrogen (secondary N) is 1. The number of hydrogen-bond acceptors (Lipinski definition) is 6. The average Bonchev–Trinajstić information content (AvgIpc) is 3.16. The number of carbonyl (C=O) groups excluding carboxylic acids is 1. The number of ether oxygens (including phenoxy) is 2. The quantitative estimate of drug-likeness (QED) is 0.297. The van der Waals surface area contributed by atoms with Crippen LogP contribution in [0.1, 0.15) is 73.9 Å². The molecular weight excluding hydrogens is 600 g/mol. The minimum atomic E-state index is -1.64. The number of aryl methyl sites for hydroxylation is 1. The number of allylic oxidation sites excluding steroid dienone is 1. The third kappa shape index (κ3) is 6.48. The fourth-order valence-electron chi connectivity index (χ4n) is 6.85. The van der Waals surface area contributed by atoms with Gasteiger partial charge in [0, 0.05) is 48.5 Å². The molecule has 1 fully saturated rings. The van der Waals surface area contributed by atoms with E-state index in [-0.39, 0.29) is 28.9 Å². The molecule has 2 aliphatic heterocycles. The summed E-state index contributed by atoms with van der Waals surface area (Å²) in [6, 6.07) is 11.4. The van der Waals surface area contributed by atoms with Gasteiger partial charge in [-0.25, -0.2) is 4.79 Å². The number of amides is 1. The highest BCUT2D eigenvalue weighted by Gasteiger charge is 2.52. The summed E-state index contributed by atoms with van der Waals surface area (Å²) < 4.78 is 28.1. The Morgan fingerprint density at radius 1 is 1.23 bits per heavy atom. The molecular formula is C34H43ClN2O6S. The zero-order chi connectivity index (χ0) is 31.6. The fourth-order valence-corrected chi connectivity index (χ4v) is 8.07. The normalized spacial score (nSPS) is 31.5. The summed E-state index contributed by atoms with van der Waals surface area (Å²) in [4.78, 5) is 28.4. The lowest BCUT2D eigenvalue weighted by Gasteiger charge is -2.47. The maximum Gasteiger partial charge on any atom is 0.340 e. The summed E-state index contributed by atoms with van der Waals surface area (Å²) in [7, 11) is 1.47. The third-order valence-electron chi connectivity index (χ3n) is 9.81. The van der Waals surface area contributed by atoms with Crippen molar-refractivity contribution < 1.29 is 28.7 Å². The minimum absolute atomic E-state index is 0.0176. The van der Waals surface area contributed by atoms with E-state index in [4.69, 9.17) is 21.1 Å². The van der Waals surface area contributed by atoms with Gasteiger partial charge in [0.25, 0.3) is 5.91 Å². The summed E-state index contributed by atoms with van der Waals surface area (Å²) in [5.74, 6) is -0.998. The molecule has 2 aromatic carbocycles. The van der Waals surface area contributed by atoms with Gasteiger partial charge in [-0.2, -0.15) is 4.72 Å². The van der Waals surface area contributed by atoms with Crippen molar-refractivity contribution in [1.82, 2.24) is 4.72 Å². The van der Waals surface area contributed by atoms with Crippen LogP contribution in [0.5, 0.6) is 5.75 Å². The first-order valence-corrected chi connectivity index (χ1v) is 17.1. The molecule has 1 saturated carbocycles. The summed E-state index contributed by atoms with van der Waals surface area (Å²) in [6.45, 7) is 7.56. The lowest BCUT2D eigenvalue weighted by Crippen LogP contribution is -2.55. The predicted octanol–water partition coefficient (Wildman–Crippen LogP) is 6.15. The first-order valence-electron chi connectivity index (χ1n) is 15.6. The van der Waals surface area contributed by atoms with Crippen LogP contribution in [0.15, 0.2) is 48.6 Å². The molecule has 0 spiro atoms. The molecule has 1 amide bonds. The molecule has 2 aromatic rings. The summed E-state index contributed by atoms with van der Waals surface area (Å²) >= 11 is 4.75. The van der Waals surface area contributed by atoms with E-state index in [0.717, 1.165) is 31.4 Å². The first-order chi connectivity index (χ1) is 21.1. The van der Waals surface area contributed by atoms with Crippen molar-refractivity contribution in [2.24, 2.45) is 17.8 Å². The second kappa shape index (κ2) is 13.7. The number of fused-ring (bicyclic) bond motifs is 2. The molecule has 3 aliphatic rings. The number of carboxylic acid groups (broad SMARTS) is 1. The molecule has 44 heavy (non-hydrogen) atoms. The van der Waals surface area contributed by atoms with Crippen molar-refractivity contribution in [2.75, 3.05) is 31.7 Å². The monoisotopic (exact) mass is 642 g/mol. The van der Waals surface area contributed by atoms with Gasteiger partial charge >= 0.3 is 5.97 Å². The van der Waals surface area contributed by atoms with Crippen LogP contribution in [0.3, 0.4) is 0 Å². The molecule has 2 bridgehead atoms. The highest BCUT2D eigenvalue weighted by atomic mass is 35.5. The van der Waals surface area contributed by atoms with Gasteiger partial charge in [0.1, 0.15) is 11.0 Å². The summed E-state index contributed by atoms with van der Waals surface area (Å²) in [5, 5.41) is 10.8. The number of rotatable bonds is 5. The zero-order valence-electron chi connectivity index (χ0n) is 25.9. The summed E-state index contributed by atoms with van der Waals surface area (Å²) in [5.41, 5.74) is 2.07. The van der Waals surface area contributed by atoms with Gasteiger partial charge in [-0.05, 0) is 86.1 Å². The van der Waals surface area contributed by atoms with Crippen molar-refractivity contribution in [3.8, 4) is 5.75 Å². The van der Waals surface area contributed by atoms with Gasteiger partial charge in [-0.15, -0.1) is 0 Å². The maximum absolute atomic E-state index is 13.3. The van der Waals surface area contributed by atoms with Crippen molar-refractivity contribution in [2.45, 2.75) is 69.6 Å². The number of hydrogen-bond donors (Lipinski definition) is 2. The molecule has 2 heterocycles. The van der Waals surface area contributed by atoms with Crippen molar-refractivity contribution in [3.63, 3.8) is 0 Å². The number of carbonyl (C=O) groups is 2. The Morgan fingerprint density at radius 3 is 2.70 bits per heavy atom. The number of halogens is 1. The number of carboxylic acids is 1. The standard InChI is InChI=1S/C34H43ClN2O6S/c1-5-7-23-16-27(35)11-12-28(23)26-19-37-18-25-9-13-29(25)34(42-4,33(39)40)15-6-8-21(2)22(3)44(41)36-32(38)24-10-14-31(43-20-26)30(37)17-24/h6,10-12,14-17,21-22,25-26,29H,5,7-9,13,18-20H2,1-4H3,(H,36,38)(H,39,40)/b15-6+. The van der Waals surface area contributed by atoms with Crippen LogP contribution in [0.4, 0.5) is 5.69 Å². The number of benzene rings is 2. The first kappa shape index (κ1) is 32.7. The van der Waals surface area contributed by atoms with Gasteiger partial charge in [0.05, 0.1) is 23.7 Å². The second-order valence-electron chi connectivity index (χ2n) is 12.5. The van der Waals surface area contributed by atoms with Crippen LogP contribution < -0.4 is 14.4 Å². The predicted molar refractivity (Wildman–Crippen MR) is 174 cm³/mol. The van der Waals surface area contributed by atoms with E-state index in [0.29, 0.717) is 42.5 Å².